The van der Waals surface area contributed by atoms with Crippen LogP contribution in [-0.4, -0.2) is 53.1 Å². The zero-order valence-electron chi connectivity index (χ0n) is 24.0. The Balaban J connectivity index is 1.44. The van der Waals surface area contributed by atoms with Gasteiger partial charge in [0.05, 0.1) is 0 Å². The Hall–Kier alpha value is -3.35. The zero-order valence-corrected chi connectivity index (χ0v) is 24.0. The van der Waals surface area contributed by atoms with Crippen molar-refractivity contribution in [3.63, 3.8) is 0 Å². The van der Waals surface area contributed by atoms with Crippen LogP contribution in [0.4, 0.5) is 4.79 Å². The van der Waals surface area contributed by atoms with E-state index in [2.05, 4.69) is 34.9 Å². The van der Waals surface area contributed by atoms with E-state index in [1.807, 2.05) is 35.2 Å². The quantitative estimate of drug-likeness (QED) is 0.529. The Labute approximate surface area is 232 Å². The van der Waals surface area contributed by atoms with Gasteiger partial charge in [-0.05, 0) is 95.2 Å². The van der Waals surface area contributed by atoms with Gasteiger partial charge in [-0.1, -0.05) is 54.6 Å². The Morgan fingerprint density at radius 2 is 1.56 bits per heavy atom. The van der Waals surface area contributed by atoms with Gasteiger partial charge in [0, 0.05) is 13.1 Å². The smallest absolute Gasteiger partial charge is 0.408 e. The van der Waals surface area contributed by atoms with Gasteiger partial charge in [0.15, 0.2) is 0 Å². The van der Waals surface area contributed by atoms with Gasteiger partial charge in [-0.2, -0.15) is 0 Å². The summed E-state index contributed by atoms with van der Waals surface area (Å²) in [5, 5.41) is 5.62. The molecule has 1 aliphatic heterocycles. The number of hydrogen-bond acceptors (Lipinski definition) is 4. The van der Waals surface area contributed by atoms with Crippen LogP contribution in [0.2, 0.25) is 0 Å². The molecule has 0 unspecified atom stereocenters. The standard InChI is InChI=1S/C32H43N3O4/c1-30(2,3)39-29(38)34-31(4,5)28(37)33-26(16-15-23-11-7-6-8-12-23)27(36)35-21-19-32(20-22-35)18-17-24-13-9-10-14-25(24)32/h6-14,26H,15-22H2,1-5H3,(H,33,37)(H,34,38)/t26-/m1/s1. The summed E-state index contributed by atoms with van der Waals surface area (Å²) < 4.78 is 5.34. The zero-order chi connectivity index (χ0) is 28.3. The van der Waals surface area contributed by atoms with Crippen molar-refractivity contribution in [1.82, 2.24) is 15.5 Å². The minimum atomic E-state index is -1.26. The molecule has 7 nitrogen and oxygen atoms in total. The maximum absolute atomic E-state index is 13.8. The molecule has 1 heterocycles. The number of benzene rings is 2. The lowest BCUT2D eigenvalue weighted by atomic mass is 9.74. The average Bonchev–Trinajstić information content (AvgIpc) is 3.23. The maximum atomic E-state index is 13.8. The molecule has 3 amide bonds. The van der Waals surface area contributed by atoms with Crippen molar-refractivity contribution in [2.45, 2.75) is 95.7 Å². The van der Waals surface area contributed by atoms with Crippen molar-refractivity contribution in [2.24, 2.45) is 0 Å². The first-order chi connectivity index (χ1) is 18.4. The molecule has 1 atom stereocenters. The molecule has 1 fully saturated rings. The predicted molar refractivity (Wildman–Crippen MR) is 152 cm³/mol. The van der Waals surface area contributed by atoms with Gasteiger partial charge >= 0.3 is 6.09 Å². The first kappa shape index (κ1) is 28.7. The molecule has 210 valence electrons. The van der Waals surface area contributed by atoms with Crippen LogP contribution in [0.25, 0.3) is 0 Å². The minimum Gasteiger partial charge on any atom is -0.444 e. The summed E-state index contributed by atoms with van der Waals surface area (Å²) in [6.07, 6.45) is 4.55. The van der Waals surface area contributed by atoms with Crippen LogP contribution in [0.3, 0.4) is 0 Å². The number of amides is 3. The molecular formula is C32H43N3O4. The number of hydrogen-bond donors (Lipinski definition) is 2. The second-order valence-electron chi connectivity index (χ2n) is 12.6. The number of likely N-dealkylation sites (tertiary alicyclic amines) is 1. The van der Waals surface area contributed by atoms with Crippen molar-refractivity contribution in [2.75, 3.05) is 13.1 Å². The molecule has 0 saturated carbocycles. The number of alkyl carbamates (subject to hydrolysis) is 1. The molecule has 0 radical (unpaired) electrons. The fourth-order valence-electron chi connectivity index (χ4n) is 5.83. The second kappa shape index (κ2) is 11.4. The summed E-state index contributed by atoms with van der Waals surface area (Å²) in [6, 6.07) is 18.0. The Morgan fingerprint density at radius 3 is 2.23 bits per heavy atom. The second-order valence-corrected chi connectivity index (χ2v) is 12.6. The summed E-state index contributed by atoms with van der Waals surface area (Å²) in [6.45, 7) is 9.88. The Bertz CT molecular complexity index is 1180. The maximum Gasteiger partial charge on any atom is 0.408 e. The lowest BCUT2D eigenvalue weighted by Crippen LogP contribution is -2.60. The highest BCUT2D eigenvalue weighted by Gasteiger charge is 2.43. The van der Waals surface area contributed by atoms with Gasteiger partial charge < -0.3 is 20.3 Å². The first-order valence-corrected chi connectivity index (χ1v) is 14.1. The van der Waals surface area contributed by atoms with Crippen LogP contribution < -0.4 is 10.6 Å². The Kier molecular flexibility index (Phi) is 8.38. The highest BCUT2D eigenvalue weighted by molar-refractivity contribution is 5.93. The van der Waals surface area contributed by atoms with Crippen LogP contribution in [0.15, 0.2) is 54.6 Å². The van der Waals surface area contributed by atoms with Crippen LogP contribution in [0.5, 0.6) is 0 Å². The number of rotatable bonds is 7. The fraction of sp³-hybridized carbons (Fsp3) is 0.531. The number of nitrogens with one attached hydrogen (secondary N) is 2. The van der Waals surface area contributed by atoms with Crippen LogP contribution in [0, 0.1) is 0 Å². The number of carbonyl (C=O) groups excluding carboxylic acids is 3. The molecule has 7 heteroatoms. The van der Waals surface area contributed by atoms with Crippen molar-refractivity contribution >= 4 is 17.9 Å². The first-order valence-electron chi connectivity index (χ1n) is 14.1. The normalized spacial score (nSPS) is 17.3. The molecule has 0 bridgehead atoms. The van der Waals surface area contributed by atoms with E-state index in [0.29, 0.717) is 25.9 Å². The molecule has 2 aliphatic rings. The van der Waals surface area contributed by atoms with Crippen molar-refractivity contribution in [1.29, 1.82) is 0 Å². The molecule has 1 saturated heterocycles. The summed E-state index contributed by atoms with van der Waals surface area (Å²) in [7, 11) is 0. The SMILES string of the molecule is CC(C)(C)OC(=O)NC(C)(C)C(=O)N[C@H](CCc1ccccc1)C(=O)N1CCC2(CCc3ccccc32)CC1. The molecular weight excluding hydrogens is 490 g/mol. The molecule has 2 aromatic rings. The van der Waals surface area contributed by atoms with Crippen LogP contribution in [0.1, 0.15) is 77.0 Å². The predicted octanol–water partition coefficient (Wildman–Crippen LogP) is 4.91. The molecule has 1 aliphatic carbocycles. The molecule has 1 spiro atoms. The molecule has 4 rings (SSSR count). The third-order valence-electron chi connectivity index (χ3n) is 8.04. The fourth-order valence-corrected chi connectivity index (χ4v) is 5.83. The number of nitrogens with zero attached hydrogens (tertiary/aromatic N) is 1. The lowest BCUT2D eigenvalue weighted by Gasteiger charge is -2.41. The van der Waals surface area contributed by atoms with E-state index < -0.39 is 29.2 Å². The number of ether oxygens (including phenoxy) is 1. The molecule has 2 aromatic carbocycles. The highest BCUT2D eigenvalue weighted by Crippen LogP contribution is 2.46. The summed E-state index contributed by atoms with van der Waals surface area (Å²) in [5.41, 5.74) is 2.20. The average molecular weight is 534 g/mol. The Morgan fingerprint density at radius 1 is 0.923 bits per heavy atom. The summed E-state index contributed by atoms with van der Waals surface area (Å²) in [4.78, 5) is 41.5. The minimum absolute atomic E-state index is 0.0616. The van der Waals surface area contributed by atoms with Gasteiger partial charge in [0.25, 0.3) is 0 Å². The van der Waals surface area contributed by atoms with Crippen LogP contribution in [-0.2, 0) is 32.6 Å². The largest absolute Gasteiger partial charge is 0.444 e. The van der Waals surface area contributed by atoms with E-state index in [1.165, 1.54) is 11.1 Å². The number of fused-ring (bicyclic) bond motifs is 2. The van der Waals surface area contributed by atoms with E-state index in [9.17, 15) is 14.4 Å². The van der Waals surface area contributed by atoms with Gasteiger partial charge in [0.2, 0.25) is 11.8 Å². The van der Waals surface area contributed by atoms with E-state index in [4.69, 9.17) is 4.74 Å². The third-order valence-corrected chi connectivity index (χ3v) is 8.04. The molecule has 2 N–H and O–H groups in total. The topological polar surface area (TPSA) is 87.7 Å². The van der Waals surface area contributed by atoms with E-state index >= 15 is 0 Å². The summed E-state index contributed by atoms with van der Waals surface area (Å²) >= 11 is 0. The molecule has 0 aromatic heterocycles. The van der Waals surface area contributed by atoms with Crippen molar-refractivity contribution in [3.05, 3.63) is 71.3 Å². The van der Waals surface area contributed by atoms with E-state index in [-0.39, 0.29) is 11.3 Å². The van der Waals surface area contributed by atoms with Crippen LogP contribution >= 0.6 is 0 Å². The van der Waals surface area contributed by atoms with Gasteiger partial charge in [-0.3, -0.25) is 9.59 Å². The summed E-state index contributed by atoms with van der Waals surface area (Å²) in [5.74, 6) is -0.480. The molecule has 39 heavy (non-hydrogen) atoms. The van der Waals surface area contributed by atoms with E-state index in [1.54, 1.807) is 34.6 Å². The van der Waals surface area contributed by atoms with Crippen molar-refractivity contribution < 1.29 is 19.1 Å². The van der Waals surface area contributed by atoms with Gasteiger partial charge in [-0.15, -0.1) is 0 Å². The van der Waals surface area contributed by atoms with Gasteiger partial charge in [0.1, 0.15) is 17.2 Å². The van der Waals surface area contributed by atoms with Gasteiger partial charge in [-0.25, -0.2) is 4.79 Å². The number of piperidine rings is 1. The third kappa shape index (κ3) is 7.00. The monoisotopic (exact) mass is 533 g/mol. The highest BCUT2D eigenvalue weighted by atomic mass is 16.6. The van der Waals surface area contributed by atoms with Crippen molar-refractivity contribution in [3.8, 4) is 0 Å². The lowest BCUT2D eigenvalue weighted by molar-refractivity contribution is -0.139. The number of aryl methyl sites for hydroxylation is 2. The number of carbonyl (C=O) groups is 3. The van der Waals surface area contributed by atoms with E-state index in [0.717, 1.165) is 31.2 Å².